The molecule has 15 heavy (non-hydrogen) atoms. The lowest BCUT2D eigenvalue weighted by Crippen LogP contribution is -2.08. The second kappa shape index (κ2) is 4.45. The molecule has 2 nitrogen and oxygen atoms in total. The molecule has 0 amide bonds. The predicted octanol–water partition coefficient (Wildman–Crippen LogP) is 2.59. The van der Waals surface area contributed by atoms with E-state index in [1.165, 1.54) is 0 Å². The van der Waals surface area contributed by atoms with E-state index in [0.29, 0.717) is 16.0 Å². The highest BCUT2D eigenvalue weighted by molar-refractivity contribution is 7.91. The molecule has 0 aliphatic heterocycles. The third-order valence-corrected chi connectivity index (χ3v) is 3.79. The summed E-state index contributed by atoms with van der Waals surface area (Å²) < 4.78 is 23.7. The van der Waals surface area contributed by atoms with Gasteiger partial charge in [-0.15, -0.1) is 0 Å². The molecule has 3 heteroatoms. The maximum atomic E-state index is 11.8. The Bertz CT molecular complexity index is 470. The summed E-state index contributed by atoms with van der Waals surface area (Å²) in [5.74, 6) is -0.0631. The van der Waals surface area contributed by atoms with Crippen LogP contribution in [0.2, 0.25) is 0 Å². The number of hydrogen-bond acceptors (Lipinski definition) is 2. The lowest BCUT2D eigenvalue weighted by molar-refractivity contribution is 0.598. The molecular weight excluding hydrogens is 208 g/mol. The summed E-state index contributed by atoms with van der Waals surface area (Å²) in [6.45, 7) is 9.11. The normalized spacial score (nSPS) is 11.0. The number of hydrogen-bond donors (Lipinski definition) is 0. The molecule has 0 aromatic heterocycles. The van der Waals surface area contributed by atoms with Crippen LogP contribution in [0.1, 0.15) is 6.92 Å². The second-order valence-electron chi connectivity index (χ2n) is 3.46. The van der Waals surface area contributed by atoms with E-state index in [2.05, 4.69) is 13.2 Å². The maximum absolute atomic E-state index is 11.8. The maximum Gasteiger partial charge on any atom is 0.182 e. The first-order chi connectivity index (χ1) is 6.93. The first-order valence-electron chi connectivity index (χ1n) is 4.55. The van der Waals surface area contributed by atoms with Crippen molar-refractivity contribution in [1.29, 1.82) is 0 Å². The van der Waals surface area contributed by atoms with Gasteiger partial charge in [0.25, 0.3) is 0 Å². The van der Waals surface area contributed by atoms with Crippen molar-refractivity contribution in [3.8, 4) is 0 Å². The summed E-state index contributed by atoms with van der Waals surface area (Å²) in [6.07, 6.45) is 0. The van der Waals surface area contributed by atoms with Crippen molar-refractivity contribution in [3.05, 3.63) is 54.6 Å². The number of allylic oxidation sites excluding steroid dienone is 1. The van der Waals surface area contributed by atoms with Gasteiger partial charge < -0.3 is 0 Å². The van der Waals surface area contributed by atoms with Crippen molar-refractivity contribution >= 4 is 9.84 Å². The molecule has 1 aromatic carbocycles. The summed E-state index contributed by atoms with van der Waals surface area (Å²) in [7, 11) is -3.26. The van der Waals surface area contributed by atoms with Crippen LogP contribution in [-0.4, -0.2) is 14.2 Å². The molecule has 0 atom stereocenters. The lowest BCUT2D eigenvalue weighted by atomic mass is 10.2. The molecule has 1 rings (SSSR count). The summed E-state index contributed by atoms with van der Waals surface area (Å²) >= 11 is 0. The standard InChI is InChI=1S/C12H14O2S/c1-10(2)11(3)9-15(13,14)12-7-5-4-6-8-12/h4-8H,1,3,9H2,2H3. The highest BCUT2D eigenvalue weighted by Crippen LogP contribution is 2.15. The smallest absolute Gasteiger partial charge is 0.182 e. The van der Waals surface area contributed by atoms with Gasteiger partial charge in [0.05, 0.1) is 10.6 Å². The molecule has 0 spiro atoms. The summed E-state index contributed by atoms with van der Waals surface area (Å²) in [6, 6.07) is 8.36. The molecule has 0 radical (unpaired) electrons. The molecule has 0 heterocycles. The van der Waals surface area contributed by atoms with Gasteiger partial charge in [-0.05, 0) is 24.6 Å². The van der Waals surface area contributed by atoms with E-state index >= 15 is 0 Å². The van der Waals surface area contributed by atoms with Gasteiger partial charge in [0.15, 0.2) is 9.84 Å². The minimum Gasteiger partial charge on any atom is -0.223 e. The van der Waals surface area contributed by atoms with Gasteiger partial charge >= 0.3 is 0 Å². The van der Waals surface area contributed by atoms with E-state index in [1.807, 2.05) is 0 Å². The van der Waals surface area contributed by atoms with Gasteiger partial charge in [0.2, 0.25) is 0 Å². The van der Waals surface area contributed by atoms with E-state index in [4.69, 9.17) is 0 Å². The Balaban J connectivity index is 2.96. The zero-order chi connectivity index (χ0) is 11.5. The van der Waals surface area contributed by atoms with Gasteiger partial charge in [-0.2, -0.15) is 0 Å². The molecule has 1 aromatic rings. The molecule has 0 saturated heterocycles. The first-order valence-corrected chi connectivity index (χ1v) is 6.20. The van der Waals surface area contributed by atoms with Crippen LogP contribution in [0.5, 0.6) is 0 Å². The quantitative estimate of drug-likeness (QED) is 0.734. The van der Waals surface area contributed by atoms with Gasteiger partial charge in [0, 0.05) is 0 Å². The van der Waals surface area contributed by atoms with Crippen LogP contribution in [0, 0.1) is 0 Å². The first kappa shape index (κ1) is 11.7. The van der Waals surface area contributed by atoms with Crippen molar-refractivity contribution in [2.24, 2.45) is 0 Å². The van der Waals surface area contributed by atoms with Crippen LogP contribution < -0.4 is 0 Å². The number of benzene rings is 1. The molecule has 0 fully saturated rings. The summed E-state index contributed by atoms with van der Waals surface area (Å²) in [5, 5.41) is 0. The van der Waals surface area contributed by atoms with E-state index in [-0.39, 0.29) is 5.75 Å². The zero-order valence-electron chi connectivity index (χ0n) is 8.73. The topological polar surface area (TPSA) is 34.1 Å². The summed E-state index contributed by atoms with van der Waals surface area (Å²) in [4.78, 5) is 0.326. The van der Waals surface area contributed by atoms with Crippen LogP contribution in [0.4, 0.5) is 0 Å². The molecule has 0 aliphatic carbocycles. The SMILES string of the molecule is C=C(C)C(=C)CS(=O)(=O)c1ccccc1. The van der Waals surface area contributed by atoms with Crippen LogP contribution in [0.3, 0.4) is 0 Å². The Morgan fingerprint density at radius 1 is 1.20 bits per heavy atom. The molecule has 80 valence electrons. The minimum atomic E-state index is -3.26. The van der Waals surface area contributed by atoms with Gasteiger partial charge in [0.1, 0.15) is 0 Å². The summed E-state index contributed by atoms with van der Waals surface area (Å²) in [5.41, 5.74) is 1.26. The third kappa shape index (κ3) is 3.06. The van der Waals surface area contributed by atoms with E-state index in [9.17, 15) is 8.42 Å². The fourth-order valence-corrected chi connectivity index (χ4v) is 2.51. The minimum absolute atomic E-state index is 0.0631. The Morgan fingerprint density at radius 3 is 2.20 bits per heavy atom. The van der Waals surface area contributed by atoms with E-state index in [1.54, 1.807) is 37.3 Å². The molecule has 0 N–H and O–H groups in total. The highest BCUT2D eigenvalue weighted by Gasteiger charge is 2.15. The fourth-order valence-electron chi connectivity index (χ4n) is 1.06. The van der Waals surface area contributed by atoms with Crippen molar-refractivity contribution in [3.63, 3.8) is 0 Å². The van der Waals surface area contributed by atoms with Gasteiger partial charge in [-0.3, -0.25) is 0 Å². The van der Waals surface area contributed by atoms with Gasteiger partial charge in [-0.25, -0.2) is 8.42 Å². The van der Waals surface area contributed by atoms with Gasteiger partial charge in [-0.1, -0.05) is 36.9 Å². The fraction of sp³-hybridized carbons (Fsp3) is 0.167. The zero-order valence-corrected chi connectivity index (χ0v) is 9.55. The van der Waals surface area contributed by atoms with Crippen molar-refractivity contribution in [2.75, 3.05) is 5.75 Å². The Kier molecular flexibility index (Phi) is 3.48. The predicted molar refractivity (Wildman–Crippen MR) is 62.4 cm³/mol. The highest BCUT2D eigenvalue weighted by atomic mass is 32.2. The van der Waals surface area contributed by atoms with Crippen LogP contribution in [-0.2, 0) is 9.84 Å². The third-order valence-electron chi connectivity index (χ3n) is 2.07. The van der Waals surface area contributed by atoms with E-state index in [0.717, 1.165) is 0 Å². The molecule has 0 saturated carbocycles. The average molecular weight is 222 g/mol. The Morgan fingerprint density at radius 2 is 1.73 bits per heavy atom. The molecule has 0 unspecified atom stereocenters. The Labute approximate surface area is 90.9 Å². The molecular formula is C12H14O2S. The lowest BCUT2D eigenvalue weighted by Gasteiger charge is -2.06. The number of rotatable bonds is 4. The number of sulfone groups is 1. The van der Waals surface area contributed by atoms with Crippen LogP contribution in [0.25, 0.3) is 0 Å². The van der Waals surface area contributed by atoms with Crippen LogP contribution in [0.15, 0.2) is 59.5 Å². The van der Waals surface area contributed by atoms with Crippen molar-refractivity contribution < 1.29 is 8.42 Å². The monoisotopic (exact) mass is 222 g/mol. The van der Waals surface area contributed by atoms with E-state index < -0.39 is 9.84 Å². The average Bonchev–Trinajstić information content (AvgIpc) is 2.18. The largest absolute Gasteiger partial charge is 0.223 e. The molecule has 0 bridgehead atoms. The second-order valence-corrected chi connectivity index (χ2v) is 5.45. The van der Waals surface area contributed by atoms with Crippen LogP contribution >= 0.6 is 0 Å². The van der Waals surface area contributed by atoms with Crippen molar-refractivity contribution in [1.82, 2.24) is 0 Å². The Hall–Kier alpha value is -1.35. The van der Waals surface area contributed by atoms with Crippen molar-refractivity contribution in [2.45, 2.75) is 11.8 Å². The molecule has 0 aliphatic rings.